The van der Waals surface area contributed by atoms with Crippen molar-refractivity contribution in [2.45, 2.75) is 18.4 Å². The third-order valence-electron chi connectivity index (χ3n) is 2.83. The Bertz CT molecular complexity index is 615. The Hall–Kier alpha value is -1.15. The van der Waals surface area contributed by atoms with Crippen LogP contribution in [0.3, 0.4) is 0 Å². The topological polar surface area (TPSA) is 42.4 Å². The zero-order valence-electron chi connectivity index (χ0n) is 10.8. The van der Waals surface area contributed by atoms with Crippen LogP contribution in [0.2, 0.25) is 5.02 Å². The highest BCUT2D eigenvalue weighted by Crippen LogP contribution is 2.45. The highest BCUT2D eigenvalue weighted by atomic mass is 35.5. The molecule has 1 unspecified atom stereocenters. The molecule has 2 aromatic rings. The van der Waals surface area contributed by atoms with Crippen LogP contribution in [-0.2, 0) is 16.9 Å². The molecule has 1 heterocycles. The van der Waals surface area contributed by atoms with Crippen LogP contribution in [0.1, 0.15) is 16.3 Å². The number of thiazole rings is 1. The Morgan fingerprint density at radius 3 is 2.43 bits per heavy atom. The maximum atomic E-state index is 13.4. The van der Waals surface area contributed by atoms with Crippen LogP contribution in [0.25, 0.3) is 0 Å². The van der Waals surface area contributed by atoms with E-state index in [1.54, 1.807) is 0 Å². The van der Waals surface area contributed by atoms with Crippen molar-refractivity contribution >= 4 is 22.9 Å². The van der Waals surface area contributed by atoms with Crippen molar-refractivity contribution in [1.82, 2.24) is 4.98 Å². The van der Waals surface area contributed by atoms with E-state index in [9.17, 15) is 18.3 Å². The van der Waals surface area contributed by atoms with Crippen LogP contribution in [-0.4, -0.2) is 23.4 Å². The SMILES string of the molecule is COCc1csc(C(O)(c2ccc(Cl)cc2)C(F)(F)F)n1. The van der Waals surface area contributed by atoms with Gasteiger partial charge in [0.05, 0.1) is 12.3 Å². The fraction of sp³-hybridized carbons (Fsp3) is 0.308. The van der Waals surface area contributed by atoms with Gasteiger partial charge in [-0.15, -0.1) is 11.3 Å². The smallest absolute Gasteiger partial charge is 0.378 e. The Morgan fingerprint density at radius 2 is 1.90 bits per heavy atom. The lowest BCUT2D eigenvalue weighted by Crippen LogP contribution is -2.43. The van der Waals surface area contributed by atoms with Gasteiger partial charge in [0.25, 0.3) is 0 Å². The highest BCUT2D eigenvalue weighted by Gasteiger charge is 2.58. The number of halogens is 4. The summed E-state index contributed by atoms with van der Waals surface area (Å²) >= 11 is 6.40. The first-order valence-electron chi connectivity index (χ1n) is 5.78. The zero-order valence-corrected chi connectivity index (χ0v) is 12.4. The summed E-state index contributed by atoms with van der Waals surface area (Å²) in [5.74, 6) is 0. The van der Waals surface area contributed by atoms with E-state index >= 15 is 0 Å². The second kappa shape index (κ2) is 5.92. The van der Waals surface area contributed by atoms with Crippen molar-refractivity contribution in [3.63, 3.8) is 0 Å². The molecule has 0 saturated carbocycles. The quantitative estimate of drug-likeness (QED) is 0.924. The summed E-state index contributed by atoms with van der Waals surface area (Å²) < 4.78 is 45.1. The van der Waals surface area contributed by atoms with Crippen molar-refractivity contribution in [1.29, 1.82) is 0 Å². The van der Waals surface area contributed by atoms with Crippen molar-refractivity contribution < 1.29 is 23.0 Å². The Morgan fingerprint density at radius 1 is 1.29 bits per heavy atom. The van der Waals surface area contributed by atoms with Crippen LogP contribution in [0.4, 0.5) is 13.2 Å². The number of hydrogen-bond acceptors (Lipinski definition) is 4. The van der Waals surface area contributed by atoms with E-state index in [0.29, 0.717) is 5.69 Å². The van der Waals surface area contributed by atoms with Gasteiger partial charge in [0.15, 0.2) is 0 Å². The third-order valence-corrected chi connectivity index (χ3v) is 4.08. The molecule has 2 rings (SSSR count). The Labute approximate surface area is 128 Å². The van der Waals surface area contributed by atoms with E-state index in [-0.39, 0.29) is 17.2 Å². The van der Waals surface area contributed by atoms with Crippen molar-refractivity contribution in [3.05, 3.63) is 50.9 Å². The summed E-state index contributed by atoms with van der Waals surface area (Å²) in [6.45, 7) is 0.0745. The number of aliphatic hydroxyl groups is 1. The number of hydrogen-bond donors (Lipinski definition) is 1. The molecule has 0 bridgehead atoms. The predicted octanol–water partition coefficient (Wildman–Crippen LogP) is 3.74. The summed E-state index contributed by atoms with van der Waals surface area (Å²) in [5.41, 5.74) is -3.18. The zero-order chi connectivity index (χ0) is 15.7. The number of rotatable bonds is 4. The molecule has 3 nitrogen and oxygen atoms in total. The molecule has 0 fully saturated rings. The predicted molar refractivity (Wildman–Crippen MR) is 73.3 cm³/mol. The summed E-state index contributed by atoms with van der Waals surface area (Å²) in [4.78, 5) is 3.83. The molecule has 21 heavy (non-hydrogen) atoms. The van der Waals surface area contributed by atoms with E-state index in [4.69, 9.17) is 16.3 Å². The number of aromatic nitrogens is 1. The van der Waals surface area contributed by atoms with Gasteiger partial charge >= 0.3 is 6.18 Å². The summed E-state index contributed by atoms with van der Waals surface area (Å²) in [6.07, 6.45) is -4.91. The summed E-state index contributed by atoms with van der Waals surface area (Å²) in [5, 5.41) is 11.5. The Balaban J connectivity index is 2.53. The molecule has 1 aromatic carbocycles. The maximum Gasteiger partial charge on any atom is 0.428 e. The minimum absolute atomic E-state index is 0.0745. The second-order valence-electron chi connectivity index (χ2n) is 4.29. The van der Waals surface area contributed by atoms with E-state index in [2.05, 4.69) is 4.98 Å². The molecule has 1 aromatic heterocycles. The van der Waals surface area contributed by atoms with E-state index in [1.165, 1.54) is 24.6 Å². The van der Waals surface area contributed by atoms with Gasteiger partial charge in [-0.1, -0.05) is 23.7 Å². The summed E-state index contributed by atoms with van der Waals surface area (Å²) in [6, 6.07) is 4.84. The minimum atomic E-state index is -4.91. The standard InChI is InChI=1S/C13H11ClF3NO2S/c1-20-6-10-7-21-11(18-10)12(19,13(15,16)17)8-2-4-9(14)5-3-8/h2-5,7,19H,6H2,1H3. The van der Waals surface area contributed by atoms with Gasteiger partial charge in [-0.25, -0.2) is 4.98 Å². The highest BCUT2D eigenvalue weighted by molar-refractivity contribution is 7.09. The molecule has 1 atom stereocenters. The average molecular weight is 338 g/mol. The molecule has 8 heteroatoms. The summed E-state index contributed by atoms with van der Waals surface area (Å²) in [7, 11) is 1.41. The lowest BCUT2D eigenvalue weighted by Gasteiger charge is -2.29. The molecular weight excluding hydrogens is 327 g/mol. The lowest BCUT2D eigenvalue weighted by atomic mass is 9.94. The van der Waals surface area contributed by atoms with E-state index in [0.717, 1.165) is 23.5 Å². The minimum Gasteiger partial charge on any atom is -0.378 e. The molecule has 0 aliphatic carbocycles. The largest absolute Gasteiger partial charge is 0.428 e. The molecular formula is C13H11ClF3NO2S. The molecule has 114 valence electrons. The Kier molecular flexibility index (Phi) is 4.57. The van der Waals surface area contributed by atoms with Gasteiger partial charge < -0.3 is 9.84 Å². The monoisotopic (exact) mass is 337 g/mol. The van der Waals surface area contributed by atoms with Crippen LogP contribution >= 0.6 is 22.9 Å². The number of ether oxygens (including phenoxy) is 1. The average Bonchev–Trinajstić information content (AvgIpc) is 2.87. The fourth-order valence-electron chi connectivity index (χ4n) is 1.79. The van der Waals surface area contributed by atoms with E-state index < -0.39 is 16.8 Å². The fourth-order valence-corrected chi connectivity index (χ4v) is 2.86. The van der Waals surface area contributed by atoms with Crippen molar-refractivity contribution in [3.8, 4) is 0 Å². The molecule has 0 saturated heterocycles. The number of alkyl halides is 3. The molecule has 0 radical (unpaired) electrons. The van der Waals surface area contributed by atoms with Crippen LogP contribution in [0, 0.1) is 0 Å². The number of benzene rings is 1. The van der Waals surface area contributed by atoms with Gasteiger partial charge in [0.1, 0.15) is 5.01 Å². The van der Waals surface area contributed by atoms with Crippen LogP contribution in [0.5, 0.6) is 0 Å². The van der Waals surface area contributed by atoms with E-state index in [1.807, 2.05) is 0 Å². The molecule has 0 aliphatic heterocycles. The van der Waals surface area contributed by atoms with Gasteiger partial charge in [0.2, 0.25) is 5.60 Å². The maximum absolute atomic E-state index is 13.4. The van der Waals surface area contributed by atoms with Gasteiger partial charge in [-0.3, -0.25) is 0 Å². The second-order valence-corrected chi connectivity index (χ2v) is 5.59. The first-order valence-corrected chi connectivity index (χ1v) is 7.03. The first-order chi connectivity index (χ1) is 9.79. The van der Waals surface area contributed by atoms with Gasteiger partial charge in [-0.05, 0) is 17.7 Å². The third kappa shape index (κ3) is 3.06. The van der Waals surface area contributed by atoms with Crippen LogP contribution in [0.15, 0.2) is 29.6 Å². The van der Waals surface area contributed by atoms with Crippen molar-refractivity contribution in [2.24, 2.45) is 0 Å². The molecule has 0 aliphatic rings. The van der Waals surface area contributed by atoms with Gasteiger partial charge in [0, 0.05) is 17.5 Å². The van der Waals surface area contributed by atoms with Crippen molar-refractivity contribution in [2.75, 3.05) is 7.11 Å². The molecule has 0 spiro atoms. The molecule has 1 N–H and O–H groups in total. The number of methoxy groups -OCH3 is 1. The van der Waals surface area contributed by atoms with Gasteiger partial charge in [-0.2, -0.15) is 13.2 Å². The first kappa shape index (κ1) is 16.2. The number of nitrogens with zero attached hydrogens (tertiary/aromatic N) is 1. The molecule has 0 amide bonds. The lowest BCUT2D eigenvalue weighted by molar-refractivity contribution is -0.248. The van der Waals surface area contributed by atoms with Crippen LogP contribution < -0.4 is 0 Å². The normalized spacial score (nSPS) is 15.0.